The van der Waals surface area contributed by atoms with E-state index in [1.165, 1.54) is 4.57 Å². The molecule has 0 amide bonds. The van der Waals surface area contributed by atoms with Crippen LogP contribution < -0.4 is 10.4 Å². The van der Waals surface area contributed by atoms with Crippen molar-refractivity contribution in [1.82, 2.24) is 14.8 Å². The molecule has 21 heavy (non-hydrogen) atoms. The highest BCUT2D eigenvalue weighted by molar-refractivity contribution is 6.30. The molecule has 2 aromatic carbocycles. The lowest BCUT2D eigenvalue weighted by molar-refractivity contribution is 0.482. The molecule has 3 aromatic rings. The summed E-state index contributed by atoms with van der Waals surface area (Å²) in [5.41, 5.74) is 0.459. The van der Waals surface area contributed by atoms with E-state index in [1.807, 2.05) is 12.1 Å². The lowest BCUT2D eigenvalue weighted by Gasteiger charge is -2.07. The quantitative estimate of drug-likeness (QED) is 0.807. The van der Waals surface area contributed by atoms with Crippen LogP contribution in [0.2, 0.25) is 5.02 Å². The molecule has 0 atom stereocenters. The third-order valence-corrected chi connectivity index (χ3v) is 3.20. The van der Waals surface area contributed by atoms with Crippen LogP contribution in [-0.4, -0.2) is 14.8 Å². The van der Waals surface area contributed by atoms with E-state index < -0.39 is 0 Å². The maximum Gasteiger partial charge on any atom is 0.347 e. The van der Waals surface area contributed by atoms with E-state index in [2.05, 4.69) is 10.2 Å². The Morgan fingerprint density at radius 1 is 1.14 bits per heavy atom. The molecule has 6 heteroatoms. The van der Waals surface area contributed by atoms with Crippen LogP contribution in [0, 0.1) is 6.92 Å². The van der Waals surface area contributed by atoms with E-state index in [0.29, 0.717) is 22.3 Å². The Balaban J connectivity index is 1.86. The van der Waals surface area contributed by atoms with Gasteiger partial charge in [0.2, 0.25) is 0 Å². The van der Waals surface area contributed by atoms with E-state index in [9.17, 15) is 4.79 Å². The fraction of sp³-hybridized carbons (Fsp3) is 0.0667. The molecule has 5 nitrogen and oxygen atoms in total. The predicted molar refractivity (Wildman–Crippen MR) is 80.4 cm³/mol. The number of rotatable bonds is 3. The van der Waals surface area contributed by atoms with Crippen molar-refractivity contribution in [2.45, 2.75) is 6.92 Å². The van der Waals surface area contributed by atoms with Gasteiger partial charge in [0, 0.05) is 5.02 Å². The standard InChI is InChI=1S/C15H12ClN3O2/c1-10-17-18-15(20)19(10)12-5-7-13(8-6-12)21-14-4-2-3-11(16)9-14/h2-9H,1H3,(H,18,20). The maximum absolute atomic E-state index is 11.7. The molecule has 1 N–H and O–H groups in total. The molecular formula is C15H12ClN3O2. The van der Waals surface area contributed by atoms with Gasteiger partial charge in [-0.3, -0.25) is 0 Å². The predicted octanol–water partition coefficient (Wildman–Crippen LogP) is 3.31. The zero-order chi connectivity index (χ0) is 14.8. The first-order valence-corrected chi connectivity index (χ1v) is 6.69. The highest BCUT2D eigenvalue weighted by Gasteiger charge is 2.06. The largest absolute Gasteiger partial charge is 0.457 e. The fourth-order valence-corrected chi connectivity index (χ4v) is 2.19. The first-order valence-electron chi connectivity index (χ1n) is 6.31. The van der Waals surface area contributed by atoms with Gasteiger partial charge in [-0.1, -0.05) is 17.7 Å². The molecule has 1 aromatic heterocycles. The van der Waals surface area contributed by atoms with Crippen molar-refractivity contribution < 1.29 is 4.74 Å². The van der Waals surface area contributed by atoms with Gasteiger partial charge < -0.3 is 4.74 Å². The summed E-state index contributed by atoms with van der Waals surface area (Å²) >= 11 is 5.91. The summed E-state index contributed by atoms with van der Waals surface area (Å²) in [6.07, 6.45) is 0. The molecule has 0 fully saturated rings. The second-order valence-corrected chi connectivity index (χ2v) is 4.90. The SMILES string of the molecule is Cc1n[nH]c(=O)n1-c1ccc(Oc2cccc(Cl)c2)cc1. The van der Waals surface area contributed by atoms with E-state index in [0.717, 1.165) is 5.69 Å². The van der Waals surface area contributed by atoms with Gasteiger partial charge >= 0.3 is 5.69 Å². The van der Waals surface area contributed by atoms with Crippen molar-refractivity contribution in [3.8, 4) is 17.2 Å². The van der Waals surface area contributed by atoms with Gasteiger partial charge in [-0.15, -0.1) is 0 Å². The second-order valence-electron chi connectivity index (χ2n) is 4.46. The zero-order valence-electron chi connectivity index (χ0n) is 11.2. The van der Waals surface area contributed by atoms with E-state index >= 15 is 0 Å². The second kappa shape index (κ2) is 5.46. The van der Waals surface area contributed by atoms with Crippen molar-refractivity contribution >= 4 is 11.6 Å². The van der Waals surface area contributed by atoms with Gasteiger partial charge in [0.15, 0.2) is 0 Å². The van der Waals surface area contributed by atoms with Gasteiger partial charge in [-0.25, -0.2) is 14.5 Å². The molecule has 0 aliphatic heterocycles. The van der Waals surface area contributed by atoms with Crippen LogP contribution >= 0.6 is 11.6 Å². The number of aromatic nitrogens is 3. The van der Waals surface area contributed by atoms with Gasteiger partial charge in [0.25, 0.3) is 0 Å². The minimum Gasteiger partial charge on any atom is -0.457 e. The Morgan fingerprint density at radius 2 is 1.90 bits per heavy atom. The average Bonchev–Trinajstić information content (AvgIpc) is 2.79. The lowest BCUT2D eigenvalue weighted by atomic mass is 10.3. The Morgan fingerprint density at radius 3 is 2.52 bits per heavy atom. The van der Waals surface area contributed by atoms with Gasteiger partial charge in [-0.2, -0.15) is 5.10 Å². The summed E-state index contributed by atoms with van der Waals surface area (Å²) in [7, 11) is 0. The number of benzene rings is 2. The van der Waals surface area contributed by atoms with Crippen molar-refractivity contribution in [2.75, 3.05) is 0 Å². The molecule has 0 saturated carbocycles. The average molecular weight is 302 g/mol. The first kappa shape index (κ1) is 13.5. The minimum atomic E-state index is -0.268. The highest BCUT2D eigenvalue weighted by atomic mass is 35.5. The van der Waals surface area contributed by atoms with Crippen LogP contribution in [0.25, 0.3) is 5.69 Å². The molecule has 0 aliphatic rings. The van der Waals surface area contributed by atoms with E-state index in [-0.39, 0.29) is 5.69 Å². The van der Waals surface area contributed by atoms with Crippen molar-refractivity contribution in [3.05, 3.63) is 69.9 Å². The molecule has 106 valence electrons. The summed E-state index contributed by atoms with van der Waals surface area (Å²) in [4.78, 5) is 11.7. The van der Waals surface area contributed by atoms with Crippen molar-refractivity contribution in [2.24, 2.45) is 0 Å². The summed E-state index contributed by atoms with van der Waals surface area (Å²) < 4.78 is 7.19. The van der Waals surface area contributed by atoms with Crippen LogP contribution in [0.4, 0.5) is 0 Å². The molecular weight excluding hydrogens is 290 g/mol. The lowest BCUT2D eigenvalue weighted by Crippen LogP contribution is -2.15. The van der Waals surface area contributed by atoms with Crippen LogP contribution in [0.15, 0.2) is 53.3 Å². The Labute approximate surface area is 125 Å². The smallest absolute Gasteiger partial charge is 0.347 e. The van der Waals surface area contributed by atoms with Crippen molar-refractivity contribution in [3.63, 3.8) is 0 Å². The molecule has 0 aliphatic carbocycles. The summed E-state index contributed by atoms with van der Waals surface area (Å²) in [5, 5.41) is 6.89. The maximum atomic E-state index is 11.7. The number of ether oxygens (including phenoxy) is 1. The van der Waals surface area contributed by atoms with Gasteiger partial charge in [0.05, 0.1) is 5.69 Å². The van der Waals surface area contributed by atoms with Crippen molar-refractivity contribution in [1.29, 1.82) is 0 Å². The molecule has 0 bridgehead atoms. The number of halogens is 1. The molecule has 3 rings (SSSR count). The Bertz CT molecular complexity index is 821. The van der Waals surface area contributed by atoms with E-state index in [1.54, 1.807) is 43.3 Å². The van der Waals surface area contributed by atoms with Gasteiger partial charge in [-0.05, 0) is 49.4 Å². The first-order chi connectivity index (χ1) is 10.1. The highest BCUT2D eigenvalue weighted by Crippen LogP contribution is 2.24. The molecule has 0 spiro atoms. The number of hydrogen-bond donors (Lipinski definition) is 1. The number of aromatic amines is 1. The van der Waals surface area contributed by atoms with Crippen LogP contribution in [0.5, 0.6) is 11.5 Å². The van der Waals surface area contributed by atoms with Gasteiger partial charge in [0.1, 0.15) is 17.3 Å². The number of H-pyrrole nitrogens is 1. The number of aryl methyl sites for hydroxylation is 1. The Hall–Kier alpha value is -2.53. The number of nitrogens with one attached hydrogen (secondary N) is 1. The van der Waals surface area contributed by atoms with E-state index in [4.69, 9.17) is 16.3 Å². The van der Waals surface area contributed by atoms with Crippen LogP contribution in [0.3, 0.4) is 0 Å². The summed E-state index contributed by atoms with van der Waals surface area (Å²) in [5.74, 6) is 1.92. The third kappa shape index (κ3) is 2.83. The molecule has 1 heterocycles. The summed E-state index contributed by atoms with van der Waals surface area (Å²) in [6, 6.07) is 14.3. The number of nitrogens with zero attached hydrogens (tertiary/aromatic N) is 2. The summed E-state index contributed by atoms with van der Waals surface area (Å²) in [6.45, 7) is 1.76. The Kier molecular flexibility index (Phi) is 3.50. The molecule has 0 saturated heterocycles. The molecule has 0 radical (unpaired) electrons. The number of hydrogen-bond acceptors (Lipinski definition) is 3. The normalized spacial score (nSPS) is 10.6. The third-order valence-electron chi connectivity index (χ3n) is 2.97. The minimum absolute atomic E-state index is 0.268. The van der Waals surface area contributed by atoms with Crippen LogP contribution in [0.1, 0.15) is 5.82 Å². The molecule has 0 unspecified atom stereocenters. The fourth-order valence-electron chi connectivity index (χ4n) is 2.01. The van der Waals surface area contributed by atoms with Crippen LogP contribution in [-0.2, 0) is 0 Å². The zero-order valence-corrected chi connectivity index (χ0v) is 12.0. The topological polar surface area (TPSA) is 59.9 Å². The monoisotopic (exact) mass is 301 g/mol.